The van der Waals surface area contributed by atoms with Crippen LogP contribution in [0.25, 0.3) is 0 Å². The molecule has 0 spiro atoms. The zero-order valence-electron chi connectivity index (χ0n) is 19.1. The highest BCUT2D eigenvalue weighted by Crippen LogP contribution is 1.68. The lowest BCUT2D eigenvalue weighted by Crippen LogP contribution is -1.84. The Kier molecular flexibility index (Phi) is 62.9. The molecule has 0 atom stereocenters. The van der Waals surface area contributed by atoms with Gasteiger partial charge >= 0.3 is 0 Å². The molecule has 0 heterocycles. The first-order chi connectivity index (χ1) is 10.9. The summed E-state index contributed by atoms with van der Waals surface area (Å²) in [5, 5.41) is 0. The monoisotopic (exact) mass is 216 g/mol. The molecule has 0 unspecified atom stereocenters. The average Bonchev–Trinajstić information content (AvgIpc) is 2.04. The van der Waals surface area contributed by atoms with Crippen molar-refractivity contribution in [2.45, 2.75) is 38.3 Å². The van der Waals surface area contributed by atoms with Crippen LogP contribution < -0.4 is 0 Å². The molecule has 0 fully saturated rings. The summed E-state index contributed by atoms with van der Waals surface area (Å²) in [6, 6.07) is 0. The second-order valence-corrected chi connectivity index (χ2v) is 0.859. The second-order valence-electron chi connectivity index (χ2n) is 0.859. The Morgan fingerprint density at radius 3 is 1.06 bits per heavy atom. The molecule has 0 saturated heterocycles. The zero-order valence-corrected chi connectivity index (χ0v) is 9.14. The van der Waals surface area contributed by atoms with Crippen molar-refractivity contribution in [2.24, 2.45) is 0 Å². The van der Waals surface area contributed by atoms with E-state index in [0.717, 1.165) is 0 Å². The Bertz CT molecular complexity index is 182. The van der Waals surface area contributed by atoms with Crippen molar-refractivity contribution < 1.29 is 13.7 Å². The van der Waals surface area contributed by atoms with Gasteiger partial charge in [0.05, 0.1) is 54.9 Å². The Hall–Kier alpha value is 0.649. The molecule has 0 aromatic carbocycles. The Morgan fingerprint density at radius 2 is 1.06 bits per heavy atom. The van der Waals surface area contributed by atoms with Crippen LogP contribution in [0.2, 0.25) is 38.3 Å². The lowest BCUT2D eigenvalue weighted by Gasteiger charge is -1.78. The fraction of sp³-hybridized carbons (Fsp3) is 1.00. The van der Waals surface area contributed by atoms with Crippen LogP contribution in [-0.2, 0) is 0 Å². The van der Waals surface area contributed by atoms with E-state index >= 15 is 0 Å². The summed E-state index contributed by atoms with van der Waals surface area (Å²) in [5.74, 6) is 0. The molecule has 0 aromatic heterocycles. The maximum absolute atomic E-state index is 6.27. The largest absolute Gasteiger partial charge is 0.142 e. The van der Waals surface area contributed by atoms with Gasteiger partial charge in [0.2, 0.25) is 0 Å². The molecule has 16 heavy (non-hydrogen) atoms. The maximum Gasteiger partial charge on any atom is 0.0606 e. The Labute approximate surface area is 131 Å². The van der Waals surface area contributed by atoms with E-state index in [9.17, 15) is 0 Å². The predicted octanol–water partition coefficient (Wildman–Crippen LogP) is -0.797. The van der Waals surface area contributed by atoms with Crippen LogP contribution in [0, 0.1) is 0 Å². The van der Waals surface area contributed by atoms with Gasteiger partial charge < -0.3 is 0 Å². The van der Waals surface area contributed by atoms with Crippen LogP contribution in [0.3, 0.4) is 0 Å². The van der Waals surface area contributed by atoms with E-state index in [0.29, 0.717) is 0 Å². The molecule has 0 aliphatic heterocycles. The molecule has 0 aliphatic rings. The van der Waals surface area contributed by atoms with E-state index in [1.807, 2.05) is 0 Å². The molecule has 0 amide bonds. The van der Waals surface area contributed by atoms with E-state index < -0.39 is 31.5 Å². The first-order valence-corrected chi connectivity index (χ1v) is 3.14. The topological polar surface area (TPSA) is 0 Å². The molecule has 0 aromatic rings. The summed E-state index contributed by atoms with van der Waals surface area (Å²) in [5.41, 5.74) is -1.75. The van der Waals surface area contributed by atoms with Gasteiger partial charge in [-0.25, -0.2) is 0 Å². The first kappa shape index (κ1) is 9.56. The van der Waals surface area contributed by atoms with Gasteiger partial charge in [0.25, 0.3) is 0 Å². The SMILES string of the molecule is [3H]C([3H])([3H])[B].[3H]C([3H])([B])[B].[3H]C([3H])[B].[3H]C([B])([B])[B].[3H]C([B])[B].[3H]C[B]. The average molecular weight is 214 g/mol. The van der Waals surface area contributed by atoms with E-state index in [-0.39, 0.29) is 6.80 Å². The highest BCUT2D eigenvalue weighted by atomic mass is 13.2. The standard InChI is InChI=1S/CHB3.2CH2B2.3CH3B/c2-1(3)4;2*2-1-3;3*1-2/h1H;2*1H2;3*1H3/i1T;1T2;1T;1T3;1T2;1T. The Balaban J connectivity index is -0.0000000466. The minimum absolute atomic E-state index is 0. The van der Waals surface area contributed by atoms with Crippen LogP contribution >= 0.6 is 0 Å². The third-order valence-electron chi connectivity index (χ3n) is 0. The smallest absolute Gasteiger partial charge is 0.0606 e. The maximum atomic E-state index is 6.27. The van der Waals surface area contributed by atoms with Crippen molar-refractivity contribution in [3.63, 3.8) is 0 Å². The summed E-state index contributed by atoms with van der Waals surface area (Å²) in [7, 11) is 45.1. The van der Waals surface area contributed by atoms with Crippen molar-refractivity contribution in [3.8, 4) is 0 Å². The molecule has 20 radical (unpaired) electrons. The van der Waals surface area contributed by atoms with Crippen LogP contribution in [0.4, 0.5) is 0 Å². The third kappa shape index (κ3) is 6470. The van der Waals surface area contributed by atoms with E-state index in [2.05, 4.69) is 78.5 Å². The first-order valence-electron chi connectivity index (χ1n) is 8.58. The normalized spacial score (nSPS) is 16.9. The summed E-state index contributed by atoms with van der Waals surface area (Å²) < 4.78 is 60.9. The van der Waals surface area contributed by atoms with Gasteiger partial charge in [0.15, 0.2) is 0 Å². The minimum Gasteiger partial charge on any atom is -0.142 e. The molecule has 0 bridgehead atoms. The quantitative estimate of drug-likeness (QED) is 0.463. The second kappa shape index (κ2) is 105. The van der Waals surface area contributed by atoms with Gasteiger partial charge in [-0.3, -0.25) is 0 Å². The van der Waals surface area contributed by atoms with Gasteiger partial charge in [-0.2, -0.15) is 0 Å². The van der Waals surface area contributed by atoms with Crippen molar-refractivity contribution in [2.75, 3.05) is 0 Å². The fourth-order valence-electron chi connectivity index (χ4n) is 0. The lowest BCUT2D eigenvalue weighted by atomic mass is 9.58. The number of hydrogen-bond donors (Lipinski definition) is 0. The van der Waals surface area contributed by atoms with Gasteiger partial charge in [-0.15, -0.1) is 18.0 Å². The van der Waals surface area contributed by atoms with E-state index in [4.69, 9.17) is 13.7 Å². The van der Waals surface area contributed by atoms with Crippen LogP contribution in [0.1, 0.15) is 13.7 Å². The summed E-state index contributed by atoms with van der Waals surface area (Å²) in [4.78, 5) is 0. The number of rotatable bonds is 0. The molecule has 0 aliphatic carbocycles. The molecule has 0 rings (SSSR count). The van der Waals surface area contributed by atoms with Crippen molar-refractivity contribution >= 4 is 78.5 Å². The van der Waals surface area contributed by atoms with Crippen molar-refractivity contribution in [1.82, 2.24) is 0 Å². The van der Waals surface area contributed by atoms with Gasteiger partial charge in [-0.05, 0) is 0 Å². The Morgan fingerprint density at radius 1 is 1.06 bits per heavy atom. The minimum atomic E-state index is -2.25. The number of hydrogen-bond acceptors (Lipinski definition) is 0. The predicted molar refractivity (Wildman–Crippen MR) is 88.5 cm³/mol. The fourth-order valence-corrected chi connectivity index (χ4v) is 0. The highest BCUT2D eigenvalue weighted by molar-refractivity contribution is 6.54. The molecular weight excluding hydrogens is 180 g/mol. The van der Waals surface area contributed by atoms with Crippen molar-refractivity contribution in [3.05, 3.63) is 0 Å². The van der Waals surface area contributed by atoms with Crippen LogP contribution in [0.15, 0.2) is 0 Å². The lowest BCUT2D eigenvalue weighted by molar-refractivity contribution is 1.91. The zero-order chi connectivity index (χ0) is 23.4. The van der Waals surface area contributed by atoms with Gasteiger partial charge in [0.1, 0.15) is 0 Å². The third-order valence-corrected chi connectivity index (χ3v) is 0. The molecular formula is C6H14B10. The van der Waals surface area contributed by atoms with Gasteiger partial charge in [-0.1, -0.05) is 20.3 Å². The molecule has 0 N–H and O–H groups in total. The van der Waals surface area contributed by atoms with Crippen molar-refractivity contribution in [1.29, 1.82) is 0 Å². The molecule has 0 saturated carbocycles. The van der Waals surface area contributed by atoms with Crippen LogP contribution in [-0.4, -0.2) is 78.5 Å². The van der Waals surface area contributed by atoms with Gasteiger partial charge in [0, 0.05) is 37.2 Å². The van der Waals surface area contributed by atoms with E-state index in [1.54, 1.807) is 0 Å². The molecule has 0 nitrogen and oxygen atoms in total. The highest BCUT2D eigenvalue weighted by Gasteiger charge is 1.69. The summed E-state index contributed by atoms with van der Waals surface area (Å²) in [6.07, 6.45) is -2.92. The molecule has 68 valence electrons. The van der Waals surface area contributed by atoms with E-state index in [1.165, 1.54) is 0 Å². The summed E-state index contributed by atoms with van der Waals surface area (Å²) >= 11 is 0. The molecule has 10 heteroatoms. The summed E-state index contributed by atoms with van der Waals surface area (Å²) in [6.45, 7) is -3.42. The van der Waals surface area contributed by atoms with Crippen LogP contribution in [0.5, 0.6) is 0 Å².